The maximum atomic E-state index is 12.1. The Morgan fingerprint density at radius 1 is 0.969 bits per heavy atom. The predicted molar refractivity (Wildman–Crippen MR) is 119 cm³/mol. The van der Waals surface area contributed by atoms with Gasteiger partial charge in [0.25, 0.3) is 0 Å². The van der Waals surface area contributed by atoms with Crippen molar-refractivity contribution >= 4 is 11.7 Å². The van der Waals surface area contributed by atoms with Crippen molar-refractivity contribution in [2.75, 3.05) is 38.3 Å². The topological polar surface area (TPSA) is 104 Å². The Balaban J connectivity index is 1.20. The molecule has 0 atom stereocenters. The number of hydrogen-bond acceptors (Lipinski definition) is 7. The minimum atomic E-state index is -0.345. The summed E-state index contributed by atoms with van der Waals surface area (Å²) in [5.41, 5.74) is 2.28. The standard InChI is InChI=1S/C23H24N4O5/c1-2-29-18-6-3-16(4-7-18)19-8-10-22(27-26-19)32-12-11-24-23(28)25-17-5-9-20-21(15-17)31-14-13-30-20/h3-10,15H,2,11-14H2,1H3,(H2,24,25,28). The number of benzene rings is 2. The normalized spacial score (nSPS) is 12.0. The second kappa shape index (κ2) is 10.3. The third kappa shape index (κ3) is 5.57. The van der Waals surface area contributed by atoms with E-state index in [2.05, 4.69) is 20.8 Å². The zero-order valence-corrected chi connectivity index (χ0v) is 17.7. The highest BCUT2D eigenvalue weighted by atomic mass is 16.6. The number of urea groups is 1. The molecule has 1 aromatic heterocycles. The Labute approximate surface area is 185 Å². The van der Waals surface area contributed by atoms with Crippen LogP contribution >= 0.6 is 0 Å². The third-order valence-corrected chi connectivity index (χ3v) is 4.54. The summed E-state index contributed by atoms with van der Waals surface area (Å²) in [5, 5.41) is 13.8. The van der Waals surface area contributed by atoms with Crippen LogP contribution in [0.3, 0.4) is 0 Å². The first-order chi connectivity index (χ1) is 15.7. The molecule has 0 bridgehead atoms. The second-order valence-electron chi connectivity index (χ2n) is 6.80. The van der Waals surface area contributed by atoms with Crippen LogP contribution in [0.5, 0.6) is 23.1 Å². The lowest BCUT2D eigenvalue weighted by Gasteiger charge is -2.19. The van der Waals surface area contributed by atoms with Crippen LogP contribution in [0.1, 0.15) is 6.92 Å². The van der Waals surface area contributed by atoms with E-state index in [4.69, 9.17) is 18.9 Å². The zero-order valence-electron chi connectivity index (χ0n) is 17.7. The fourth-order valence-electron chi connectivity index (χ4n) is 3.06. The Kier molecular flexibility index (Phi) is 6.86. The number of carbonyl (C=O) groups excluding carboxylic acids is 1. The van der Waals surface area contributed by atoms with E-state index >= 15 is 0 Å². The van der Waals surface area contributed by atoms with Gasteiger partial charge in [0, 0.05) is 23.4 Å². The zero-order chi connectivity index (χ0) is 22.2. The van der Waals surface area contributed by atoms with E-state index < -0.39 is 0 Å². The van der Waals surface area contributed by atoms with Crippen LogP contribution < -0.4 is 29.6 Å². The van der Waals surface area contributed by atoms with Crippen LogP contribution in [0.4, 0.5) is 10.5 Å². The van der Waals surface area contributed by atoms with E-state index in [1.54, 1.807) is 24.3 Å². The van der Waals surface area contributed by atoms with Gasteiger partial charge in [0.05, 0.1) is 18.8 Å². The number of rotatable bonds is 8. The molecule has 4 rings (SSSR count). The quantitative estimate of drug-likeness (QED) is 0.521. The molecule has 2 N–H and O–H groups in total. The summed E-state index contributed by atoms with van der Waals surface area (Å²) in [6.07, 6.45) is 0. The first kappa shape index (κ1) is 21.2. The molecule has 3 aromatic rings. The largest absolute Gasteiger partial charge is 0.494 e. The van der Waals surface area contributed by atoms with Crippen LogP contribution in [-0.4, -0.2) is 49.2 Å². The van der Waals surface area contributed by atoms with Gasteiger partial charge in [-0.3, -0.25) is 0 Å². The Morgan fingerprint density at radius 3 is 2.53 bits per heavy atom. The molecule has 9 heteroatoms. The number of anilines is 1. The number of hydrogen-bond donors (Lipinski definition) is 2. The summed E-state index contributed by atoms with van der Waals surface area (Å²) in [6.45, 7) is 4.14. The Morgan fingerprint density at radius 2 is 1.78 bits per heavy atom. The van der Waals surface area contributed by atoms with Gasteiger partial charge in [0.15, 0.2) is 11.5 Å². The van der Waals surface area contributed by atoms with Crippen LogP contribution in [0.2, 0.25) is 0 Å². The molecule has 0 saturated carbocycles. The highest BCUT2D eigenvalue weighted by Crippen LogP contribution is 2.32. The summed E-state index contributed by atoms with van der Waals surface area (Å²) in [6, 6.07) is 16.1. The van der Waals surface area contributed by atoms with Crippen molar-refractivity contribution < 1.29 is 23.7 Å². The SMILES string of the molecule is CCOc1ccc(-c2ccc(OCCNC(=O)Nc3ccc4c(c3)OCCO4)nn2)cc1. The lowest BCUT2D eigenvalue weighted by molar-refractivity contribution is 0.171. The van der Waals surface area contributed by atoms with Crippen molar-refractivity contribution in [1.29, 1.82) is 0 Å². The molecule has 0 saturated heterocycles. The Hall–Kier alpha value is -4.01. The number of ether oxygens (including phenoxy) is 4. The van der Waals surface area contributed by atoms with Gasteiger partial charge in [-0.25, -0.2) is 4.79 Å². The van der Waals surface area contributed by atoms with E-state index in [0.717, 1.165) is 17.0 Å². The van der Waals surface area contributed by atoms with Crippen molar-refractivity contribution in [2.24, 2.45) is 0 Å². The van der Waals surface area contributed by atoms with Crippen LogP contribution in [0.15, 0.2) is 54.6 Å². The molecule has 2 aromatic carbocycles. The molecule has 0 spiro atoms. The summed E-state index contributed by atoms with van der Waals surface area (Å²) >= 11 is 0. The van der Waals surface area contributed by atoms with E-state index in [-0.39, 0.29) is 12.6 Å². The van der Waals surface area contributed by atoms with Gasteiger partial charge in [-0.2, -0.15) is 0 Å². The summed E-state index contributed by atoms with van der Waals surface area (Å²) in [5.74, 6) is 2.48. The maximum Gasteiger partial charge on any atom is 0.319 e. The third-order valence-electron chi connectivity index (χ3n) is 4.54. The van der Waals surface area contributed by atoms with Crippen molar-refractivity contribution in [2.45, 2.75) is 6.92 Å². The number of amides is 2. The molecule has 166 valence electrons. The minimum absolute atomic E-state index is 0.256. The monoisotopic (exact) mass is 436 g/mol. The number of aromatic nitrogens is 2. The van der Waals surface area contributed by atoms with E-state index in [9.17, 15) is 4.79 Å². The molecule has 1 aliphatic rings. The fraction of sp³-hybridized carbons (Fsp3) is 0.261. The fourth-order valence-corrected chi connectivity index (χ4v) is 3.06. The summed E-state index contributed by atoms with van der Waals surface area (Å²) in [4.78, 5) is 12.1. The molecule has 1 aliphatic heterocycles. The molecule has 0 fully saturated rings. The molecular formula is C23H24N4O5. The van der Waals surface area contributed by atoms with Crippen LogP contribution in [0.25, 0.3) is 11.3 Å². The average Bonchev–Trinajstić information content (AvgIpc) is 2.83. The molecule has 0 aliphatic carbocycles. The second-order valence-corrected chi connectivity index (χ2v) is 6.80. The van der Waals surface area contributed by atoms with Crippen molar-refractivity contribution in [1.82, 2.24) is 15.5 Å². The van der Waals surface area contributed by atoms with E-state index in [1.807, 2.05) is 37.3 Å². The van der Waals surface area contributed by atoms with Gasteiger partial charge in [-0.05, 0) is 49.4 Å². The van der Waals surface area contributed by atoms with Crippen LogP contribution in [-0.2, 0) is 0 Å². The molecule has 2 amide bonds. The summed E-state index contributed by atoms with van der Waals surface area (Å²) < 4.78 is 22.0. The lowest BCUT2D eigenvalue weighted by atomic mass is 10.1. The smallest absolute Gasteiger partial charge is 0.319 e. The molecule has 0 radical (unpaired) electrons. The van der Waals surface area contributed by atoms with Crippen molar-refractivity contribution in [3.05, 3.63) is 54.6 Å². The average molecular weight is 436 g/mol. The molecule has 32 heavy (non-hydrogen) atoms. The lowest BCUT2D eigenvalue weighted by Crippen LogP contribution is -2.32. The van der Waals surface area contributed by atoms with Gasteiger partial charge in [-0.1, -0.05) is 0 Å². The summed E-state index contributed by atoms with van der Waals surface area (Å²) in [7, 11) is 0. The first-order valence-corrected chi connectivity index (χ1v) is 10.4. The van der Waals surface area contributed by atoms with Crippen molar-refractivity contribution in [3.63, 3.8) is 0 Å². The number of carbonyl (C=O) groups is 1. The maximum absolute atomic E-state index is 12.1. The first-order valence-electron chi connectivity index (χ1n) is 10.4. The van der Waals surface area contributed by atoms with E-state index in [0.29, 0.717) is 49.4 Å². The molecule has 9 nitrogen and oxygen atoms in total. The highest BCUT2D eigenvalue weighted by Gasteiger charge is 2.12. The minimum Gasteiger partial charge on any atom is -0.494 e. The van der Waals surface area contributed by atoms with Gasteiger partial charge in [-0.15, -0.1) is 10.2 Å². The highest BCUT2D eigenvalue weighted by molar-refractivity contribution is 5.89. The van der Waals surface area contributed by atoms with Gasteiger partial charge in [0.2, 0.25) is 5.88 Å². The molecular weight excluding hydrogens is 412 g/mol. The van der Waals surface area contributed by atoms with Gasteiger partial charge < -0.3 is 29.6 Å². The molecule has 0 unspecified atom stereocenters. The number of nitrogens with zero attached hydrogens (tertiary/aromatic N) is 2. The van der Waals surface area contributed by atoms with Gasteiger partial charge in [0.1, 0.15) is 25.6 Å². The van der Waals surface area contributed by atoms with Crippen LogP contribution in [0, 0.1) is 0 Å². The number of fused-ring (bicyclic) bond motifs is 1. The molecule has 2 heterocycles. The van der Waals surface area contributed by atoms with Crippen molar-refractivity contribution in [3.8, 4) is 34.4 Å². The van der Waals surface area contributed by atoms with E-state index in [1.165, 1.54) is 0 Å². The number of nitrogens with one attached hydrogen (secondary N) is 2. The predicted octanol–water partition coefficient (Wildman–Crippen LogP) is 3.51. The van der Waals surface area contributed by atoms with Gasteiger partial charge >= 0.3 is 6.03 Å². The Bertz CT molecular complexity index is 1040.